The molecule has 1 aromatic carbocycles. The van der Waals surface area contributed by atoms with Crippen molar-refractivity contribution in [2.75, 3.05) is 31.2 Å². The van der Waals surface area contributed by atoms with Crippen molar-refractivity contribution in [3.8, 4) is 0 Å². The van der Waals surface area contributed by atoms with Crippen LogP contribution in [0.3, 0.4) is 0 Å². The number of morpholine rings is 1. The zero-order valence-corrected chi connectivity index (χ0v) is 14.0. The molecular formula is C15H18BrN3O2. The molecule has 3 rings (SSSR count). The molecule has 21 heavy (non-hydrogen) atoms. The molecule has 0 atom stereocenters. The Morgan fingerprint density at radius 2 is 1.95 bits per heavy atom. The van der Waals surface area contributed by atoms with Gasteiger partial charge in [-0.25, -0.2) is 4.98 Å². The summed E-state index contributed by atoms with van der Waals surface area (Å²) in [5, 5.41) is 0.657. The van der Waals surface area contributed by atoms with Gasteiger partial charge in [-0.2, -0.15) is 0 Å². The van der Waals surface area contributed by atoms with Crippen LogP contribution in [0.2, 0.25) is 0 Å². The van der Waals surface area contributed by atoms with E-state index in [0.717, 1.165) is 34.2 Å². The fourth-order valence-electron chi connectivity index (χ4n) is 2.63. The molecule has 2 heterocycles. The number of fused-ring (bicyclic) bond motifs is 1. The average Bonchev–Trinajstić information content (AvgIpc) is 2.50. The van der Waals surface area contributed by atoms with Crippen LogP contribution in [0.15, 0.2) is 15.3 Å². The van der Waals surface area contributed by atoms with Gasteiger partial charge < -0.3 is 9.64 Å². The van der Waals surface area contributed by atoms with Gasteiger partial charge in [-0.1, -0.05) is 0 Å². The topological polar surface area (TPSA) is 47.4 Å². The monoisotopic (exact) mass is 351 g/mol. The maximum absolute atomic E-state index is 12.7. The second-order valence-corrected chi connectivity index (χ2v) is 6.20. The third-order valence-electron chi connectivity index (χ3n) is 4.09. The molecule has 1 aliphatic rings. The molecule has 6 heteroatoms. The van der Waals surface area contributed by atoms with E-state index in [9.17, 15) is 4.79 Å². The maximum atomic E-state index is 12.7. The molecule has 0 aliphatic carbocycles. The molecule has 0 saturated carbocycles. The lowest BCUT2D eigenvalue weighted by Gasteiger charge is -2.29. The van der Waals surface area contributed by atoms with Crippen LogP contribution >= 0.6 is 15.9 Å². The maximum Gasteiger partial charge on any atom is 0.262 e. The van der Waals surface area contributed by atoms with E-state index < -0.39 is 0 Å². The number of hydrogen-bond acceptors (Lipinski definition) is 4. The Morgan fingerprint density at radius 1 is 1.29 bits per heavy atom. The number of aromatic nitrogens is 2. The summed E-state index contributed by atoms with van der Waals surface area (Å²) in [6.07, 6.45) is 0. The van der Waals surface area contributed by atoms with Crippen LogP contribution in [0.4, 0.5) is 5.95 Å². The fraction of sp³-hybridized carbons (Fsp3) is 0.467. The summed E-state index contributed by atoms with van der Waals surface area (Å²) >= 11 is 3.59. The Labute approximate surface area is 131 Å². The molecule has 1 aliphatic heterocycles. The summed E-state index contributed by atoms with van der Waals surface area (Å²) in [5.74, 6) is 0.708. The number of hydrogen-bond donors (Lipinski definition) is 0. The minimum Gasteiger partial charge on any atom is -0.378 e. The molecule has 2 aromatic rings. The minimum atomic E-state index is -0.00899. The van der Waals surface area contributed by atoms with Gasteiger partial charge >= 0.3 is 0 Å². The number of rotatable bonds is 1. The van der Waals surface area contributed by atoms with Crippen molar-refractivity contribution in [3.05, 3.63) is 32.0 Å². The minimum absolute atomic E-state index is 0.00899. The second-order valence-electron chi connectivity index (χ2n) is 5.40. The van der Waals surface area contributed by atoms with Crippen molar-refractivity contribution in [2.45, 2.75) is 13.8 Å². The zero-order chi connectivity index (χ0) is 15.1. The quantitative estimate of drug-likeness (QED) is 0.789. The van der Waals surface area contributed by atoms with E-state index in [1.165, 1.54) is 0 Å². The van der Waals surface area contributed by atoms with Gasteiger partial charge in [0.25, 0.3) is 5.56 Å². The van der Waals surface area contributed by atoms with E-state index in [0.29, 0.717) is 24.5 Å². The van der Waals surface area contributed by atoms with Gasteiger partial charge in [0.15, 0.2) is 0 Å². The van der Waals surface area contributed by atoms with Gasteiger partial charge in [-0.15, -0.1) is 0 Å². The van der Waals surface area contributed by atoms with E-state index >= 15 is 0 Å². The highest BCUT2D eigenvalue weighted by atomic mass is 79.9. The average molecular weight is 352 g/mol. The standard InChI is InChI=1S/C15H18BrN3O2/c1-9-8-11-13(12(16)10(9)2)17-15(18(3)14(11)20)19-4-6-21-7-5-19/h8H,4-7H2,1-3H3. The van der Waals surface area contributed by atoms with Crippen molar-refractivity contribution in [1.82, 2.24) is 9.55 Å². The Morgan fingerprint density at radius 3 is 2.62 bits per heavy atom. The van der Waals surface area contributed by atoms with Gasteiger partial charge in [-0.05, 0) is 47.0 Å². The van der Waals surface area contributed by atoms with Crippen LogP contribution in [-0.4, -0.2) is 35.9 Å². The van der Waals surface area contributed by atoms with Crippen molar-refractivity contribution < 1.29 is 4.74 Å². The molecule has 0 bridgehead atoms. The van der Waals surface area contributed by atoms with E-state index in [1.54, 1.807) is 11.6 Å². The number of ether oxygens (including phenoxy) is 1. The van der Waals surface area contributed by atoms with Crippen LogP contribution < -0.4 is 10.5 Å². The van der Waals surface area contributed by atoms with Gasteiger partial charge in [0, 0.05) is 24.6 Å². The van der Waals surface area contributed by atoms with E-state index in [1.807, 2.05) is 19.9 Å². The van der Waals surface area contributed by atoms with E-state index in [-0.39, 0.29) is 5.56 Å². The third-order valence-corrected chi connectivity index (χ3v) is 5.06. The summed E-state index contributed by atoms with van der Waals surface area (Å²) < 4.78 is 7.91. The number of anilines is 1. The second kappa shape index (κ2) is 5.42. The predicted octanol–water partition coefficient (Wildman–Crippen LogP) is 2.15. The number of halogens is 1. The Bertz CT molecular complexity index is 764. The lowest BCUT2D eigenvalue weighted by atomic mass is 10.1. The molecule has 112 valence electrons. The molecule has 1 saturated heterocycles. The lowest BCUT2D eigenvalue weighted by molar-refractivity contribution is 0.121. The van der Waals surface area contributed by atoms with Crippen LogP contribution in [-0.2, 0) is 11.8 Å². The van der Waals surface area contributed by atoms with Gasteiger partial charge in [0.2, 0.25) is 5.95 Å². The first-order valence-electron chi connectivity index (χ1n) is 7.00. The summed E-state index contributed by atoms with van der Waals surface area (Å²) in [4.78, 5) is 19.5. The summed E-state index contributed by atoms with van der Waals surface area (Å²) in [7, 11) is 1.78. The number of aryl methyl sites for hydroxylation is 1. The summed E-state index contributed by atoms with van der Waals surface area (Å²) in [6.45, 7) is 6.90. The van der Waals surface area contributed by atoms with E-state index in [2.05, 4.69) is 20.8 Å². The molecular weight excluding hydrogens is 334 g/mol. The Balaban J connectivity index is 2.28. The van der Waals surface area contributed by atoms with Gasteiger partial charge in [-0.3, -0.25) is 9.36 Å². The first-order chi connectivity index (χ1) is 10.0. The lowest BCUT2D eigenvalue weighted by Crippen LogP contribution is -2.40. The first-order valence-corrected chi connectivity index (χ1v) is 7.79. The van der Waals surface area contributed by atoms with E-state index in [4.69, 9.17) is 9.72 Å². The molecule has 5 nitrogen and oxygen atoms in total. The van der Waals surface area contributed by atoms with Gasteiger partial charge in [0.05, 0.1) is 24.1 Å². The summed E-state index contributed by atoms with van der Waals surface area (Å²) in [6, 6.07) is 1.92. The number of benzene rings is 1. The normalized spacial score (nSPS) is 15.7. The fourth-order valence-corrected chi connectivity index (χ4v) is 3.24. The molecule has 0 radical (unpaired) electrons. The first kappa shape index (κ1) is 14.5. The van der Waals surface area contributed by atoms with Crippen LogP contribution in [0.1, 0.15) is 11.1 Å². The van der Waals surface area contributed by atoms with Crippen LogP contribution in [0, 0.1) is 13.8 Å². The van der Waals surface area contributed by atoms with Crippen molar-refractivity contribution >= 4 is 32.8 Å². The zero-order valence-electron chi connectivity index (χ0n) is 12.4. The van der Waals surface area contributed by atoms with Crippen LogP contribution in [0.5, 0.6) is 0 Å². The Hall–Kier alpha value is -1.40. The van der Waals surface area contributed by atoms with Crippen molar-refractivity contribution in [2.24, 2.45) is 7.05 Å². The molecule has 0 unspecified atom stereocenters. The molecule has 1 aromatic heterocycles. The highest BCUT2D eigenvalue weighted by Crippen LogP contribution is 2.28. The molecule has 0 spiro atoms. The summed E-state index contributed by atoms with van der Waals surface area (Å²) in [5.41, 5.74) is 2.94. The largest absolute Gasteiger partial charge is 0.378 e. The molecule has 1 fully saturated rings. The third kappa shape index (κ3) is 2.36. The van der Waals surface area contributed by atoms with Crippen molar-refractivity contribution in [3.63, 3.8) is 0 Å². The van der Waals surface area contributed by atoms with Crippen molar-refractivity contribution in [1.29, 1.82) is 0 Å². The predicted molar refractivity (Wildman–Crippen MR) is 87.2 cm³/mol. The number of nitrogens with zero attached hydrogens (tertiary/aromatic N) is 3. The van der Waals surface area contributed by atoms with Gasteiger partial charge in [0.1, 0.15) is 0 Å². The Kier molecular flexibility index (Phi) is 3.75. The highest BCUT2D eigenvalue weighted by molar-refractivity contribution is 9.10. The molecule has 0 N–H and O–H groups in total. The highest BCUT2D eigenvalue weighted by Gasteiger charge is 2.19. The molecule has 0 amide bonds. The smallest absolute Gasteiger partial charge is 0.262 e. The van der Waals surface area contributed by atoms with Crippen LogP contribution in [0.25, 0.3) is 10.9 Å². The SMILES string of the molecule is Cc1cc2c(=O)n(C)c(N3CCOCC3)nc2c(Br)c1C.